The van der Waals surface area contributed by atoms with Gasteiger partial charge in [0.1, 0.15) is 11.8 Å². The molecule has 1 aromatic rings. The molecule has 0 aromatic heterocycles. The molecule has 0 aliphatic heterocycles. The standard InChI is InChI=1S/C20H29N5O5/c1-12(22)17(13(2)23)19(27)25-16(20(28)29-3)11-24-18(26)14-6-4-7-15(10-14)30-9-5-8-21/h4,6-7,10,16,22H,5,8-9,11,21,23H2,1-3H3,(H,24,26)(H,25,27)/b17-13+,22-12?/t16-/m0/s1. The van der Waals surface area contributed by atoms with E-state index in [4.69, 9.17) is 21.6 Å². The molecule has 0 spiro atoms. The lowest BCUT2D eigenvalue weighted by atomic mass is 10.1. The highest BCUT2D eigenvalue weighted by Crippen LogP contribution is 2.13. The molecule has 1 atom stereocenters. The van der Waals surface area contributed by atoms with Crippen LogP contribution in [0.3, 0.4) is 0 Å². The van der Waals surface area contributed by atoms with E-state index in [1.807, 2.05) is 0 Å². The molecule has 10 heteroatoms. The number of hydrogen-bond donors (Lipinski definition) is 5. The van der Waals surface area contributed by atoms with Crippen molar-refractivity contribution < 1.29 is 23.9 Å². The van der Waals surface area contributed by atoms with Crippen molar-refractivity contribution in [3.05, 3.63) is 41.1 Å². The summed E-state index contributed by atoms with van der Waals surface area (Å²) >= 11 is 0. The SMILES string of the molecule is COC(=O)[C@H](CNC(=O)c1cccc(OCCCN)c1)NC(=O)/C(C(C)=N)=C(\C)N. The molecule has 2 amide bonds. The average molecular weight is 419 g/mol. The van der Waals surface area contributed by atoms with Crippen LogP contribution in [0.25, 0.3) is 0 Å². The summed E-state index contributed by atoms with van der Waals surface area (Å²) in [5.74, 6) is -1.40. The summed E-state index contributed by atoms with van der Waals surface area (Å²) in [4.78, 5) is 36.9. The Hall–Kier alpha value is -3.40. The molecule has 0 bridgehead atoms. The molecule has 0 unspecified atom stereocenters. The summed E-state index contributed by atoms with van der Waals surface area (Å²) in [5.41, 5.74) is 11.4. The highest BCUT2D eigenvalue weighted by Gasteiger charge is 2.25. The van der Waals surface area contributed by atoms with Gasteiger partial charge in [-0.2, -0.15) is 0 Å². The van der Waals surface area contributed by atoms with Gasteiger partial charge in [-0.3, -0.25) is 9.59 Å². The minimum absolute atomic E-state index is 0.0439. The molecular formula is C20H29N5O5. The van der Waals surface area contributed by atoms with Crippen molar-refractivity contribution in [1.29, 1.82) is 5.41 Å². The number of allylic oxidation sites excluding steroid dienone is 1. The van der Waals surface area contributed by atoms with Gasteiger partial charge in [-0.05, 0) is 45.0 Å². The first-order chi connectivity index (χ1) is 14.2. The number of carbonyl (C=O) groups is 3. The largest absolute Gasteiger partial charge is 0.494 e. The summed E-state index contributed by atoms with van der Waals surface area (Å²) in [5, 5.41) is 12.7. The van der Waals surface area contributed by atoms with Gasteiger partial charge in [-0.25, -0.2) is 4.79 Å². The predicted molar refractivity (Wildman–Crippen MR) is 112 cm³/mol. The number of esters is 1. The van der Waals surface area contributed by atoms with E-state index in [9.17, 15) is 14.4 Å². The van der Waals surface area contributed by atoms with Gasteiger partial charge in [-0.1, -0.05) is 6.07 Å². The fraction of sp³-hybridized carbons (Fsp3) is 0.400. The van der Waals surface area contributed by atoms with Crippen LogP contribution in [0.2, 0.25) is 0 Å². The molecule has 0 radical (unpaired) electrons. The number of hydrogen-bond acceptors (Lipinski definition) is 8. The minimum atomic E-state index is -1.16. The molecule has 0 heterocycles. The van der Waals surface area contributed by atoms with E-state index in [1.165, 1.54) is 13.8 Å². The van der Waals surface area contributed by atoms with Crippen LogP contribution in [0.4, 0.5) is 0 Å². The van der Waals surface area contributed by atoms with Crippen molar-refractivity contribution in [2.45, 2.75) is 26.3 Å². The van der Waals surface area contributed by atoms with Crippen molar-refractivity contribution >= 4 is 23.5 Å². The second-order valence-corrected chi connectivity index (χ2v) is 6.46. The van der Waals surface area contributed by atoms with Crippen LogP contribution in [0.15, 0.2) is 35.5 Å². The van der Waals surface area contributed by atoms with Gasteiger partial charge >= 0.3 is 5.97 Å². The number of nitrogens with one attached hydrogen (secondary N) is 3. The highest BCUT2D eigenvalue weighted by molar-refractivity contribution is 6.20. The van der Waals surface area contributed by atoms with Crippen molar-refractivity contribution in [2.24, 2.45) is 11.5 Å². The fourth-order valence-corrected chi connectivity index (χ4v) is 2.51. The number of benzene rings is 1. The molecule has 30 heavy (non-hydrogen) atoms. The number of rotatable bonds is 11. The zero-order chi connectivity index (χ0) is 22.7. The van der Waals surface area contributed by atoms with Gasteiger partial charge in [-0.15, -0.1) is 0 Å². The van der Waals surface area contributed by atoms with Crippen LogP contribution >= 0.6 is 0 Å². The molecule has 0 saturated heterocycles. The van der Waals surface area contributed by atoms with Crippen LogP contribution in [-0.4, -0.2) is 56.3 Å². The third kappa shape index (κ3) is 7.55. The molecule has 1 rings (SSSR count). The lowest BCUT2D eigenvalue weighted by Crippen LogP contribution is -2.50. The van der Waals surface area contributed by atoms with Gasteiger partial charge in [0.25, 0.3) is 11.8 Å². The first kappa shape index (κ1) is 24.6. The molecule has 0 fully saturated rings. The van der Waals surface area contributed by atoms with Crippen LogP contribution in [0, 0.1) is 5.41 Å². The number of methoxy groups -OCH3 is 1. The Bertz CT molecular complexity index is 818. The third-order valence-electron chi connectivity index (χ3n) is 3.97. The van der Waals surface area contributed by atoms with Crippen LogP contribution in [0.5, 0.6) is 5.75 Å². The number of ether oxygens (including phenoxy) is 2. The Morgan fingerprint density at radius 3 is 2.50 bits per heavy atom. The number of carbonyl (C=O) groups excluding carboxylic acids is 3. The Morgan fingerprint density at radius 1 is 1.23 bits per heavy atom. The van der Waals surface area contributed by atoms with Crippen molar-refractivity contribution in [1.82, 2.24) is 10.6 Å². The lowest BCUT2D eigenvalue weighted by Gasteiger charge is -2.18. The second kappa shape index (κ2) is 12.2. The molecular weight excluding hydrogens is 390 g/mol. The van der Waals surface area contributed by atoms with Gasteiger partial charge in [0.05, 0.1) is 19.3 Å². The van der Waals surface area contributed by atoms with Crippen LogP contribution < -0.4 is 26.8 Å². The Labute approximate surface area is 175 Å². The summed E-state index contributed by atoms with van der Waals surface area (Å²) in [6.07, 6.45) is 0.685. The van der Waals surface area contributed by atoms with E-state index in [0.29, 0.717) is 30.9 Å². The Kier molecular flexibility index (Phi) is 10.0. The van der Waals surface area contributed by atoms with Gasteiger partial charge < -0.3 is 37.0 Å². The first-order valence-corrected chi connectivity index (χ1v) is 9.32. The summed E-state index contributed by atoms with van der Waals surface area (Å²) in [7, 11) is 1.16. The van der Waals surface area contributed by atoms with E-state index in [0.717, 1.165) is 7.11 Å². The Balaban J connectivity index is 2.83. The maximum atomic E-state index is 12.5. The molecule has 164 valence electrons. The molecule has 7 N–H and O–H groups in total. The van der Waals surface area contributed by atoms with E-state index in [2.05, 4.69) is 15.4 Å². The molecule has 0 aliphatic carbocycles. The smallest absolute Gasteiger partial charge is 0.330 e. The maximum absolute atomic E-state index is 12.5. The summed E-state index contributed by atoms with van der Waals surface area (Å²) < 4.78 is 10.2. The zero-order valence-electron chi connectivity index (χ0n) is 17.4. The first-order valence-electron chi connectivity index (χ1n) is 9.32. The van der Waals surface area contributed by atoms with Gasteiger partial charge in [0.2, 0.25) is 0 Å². The highest BCUT2D eigenvalue weighted by atomic mass is 16.5. The number of nitrogens with two attached hydrogens (primary N) is 2. The molecule has 0 saturated carbocycles. The van der Waals surface area contributed by atoms with Crippen molar-refractivity contribution in [3.8, 4) is 5.75 Å². The Morgan fingerprint density at radius 2 is 1.93 bits per heavy atom. The van der Waals surface area contributed by atoms with Crippen molar-refractivity contribution in [2.75, 3.05) is 26.8 Å². The van der Waals surface area contributed by atoms with Crippen LogP contribution in [0.1, 0.15) is 30.6 Å². The van der Waals surface area contributed by atoms with E-state index in [1.54, 1.807) is 24.3 Å². The van der Waals surface area contributed by atoms with Crippen molar-refractivity contribution in [3.63, 3.8) is 0 Å². The molecule has 1 aromatic carbocycles. The van der Waals surface area contributed by atoms with Crippen LogP contribution in [-0.2, 0) is 14.3 Å². The quantitative estimate of drug-likeness (QED) is 0.146. The van der Waals surface area contributed by atoms with Gasteiger partial charge in [0.15, 0.2) is 0 Å². The summed E-state index contributed by atoms with van der Waals surface area (Å²) in [6, 6.07) is 5.38. The van der Waals surface area contributed by atoms with Gasteiger partial charge in [0, 0.05) is 23.5 Å². The number of amides is 2. The topological polar surface area (TPSA) is 170 Å². The fourth-order valence-electron chi connectivity index (χ4n) is 2.51. The minimum Gasteiger partial charge on any atom is -0.494 e. The lowest BCUT2D eigenvalue weighted by molar-refractivity contribution is -0.144. The molecule has 0 aliphatic rings. The predicted octanol–water partition coefficient (Wildman–Crippen LogP) is 0.0742. The normalized spacial score (nSPS) is 12.3. The molecule has 10 nitrogen and oxygen atoms in total. The third-order valence-corrected chi connectivity index (χ3v) is 3.97. The zero-order valence-corrected chi connectivity index (χ0v) is 17.4. The van der Waals surface area contributed by atoms with E-state index in [-0.39, 0.29) is 23.5 Å². The van der Waals surface area contributed by atoms with E-state index < -0.39 is 23.8 Å². The summed E-state index contributed by atoms with van der Waals surface area (Å²) in [6.45, 7) is 3.59. The maximum Gasteiger partial charge on any atom is 0.330 e. The van der Waals surface area contributed by atoms with E-state index >= 15 is 0 Å². The monoisotopic (exact) mass is 419 g/mol. The second-order valence-electron chi connectivity index (χ2n) is 6.46. The average Bonchev–Trinajstić information content (AvgIpc) is 2.70.